The van der Waals surface area contributed by atoms with Gasteiger partial charge in [0.15, 0.2) is 0 Å². The van der Waals surface area contributed by atoms with Gasteiger partial charge in [0.25, 0.3) is 0 Å². The van der Waals surface area contributed by atoms with Gasteiger partial charge in [-0.2, -0.15) is 0 Å². The number of hydrogen-bond acceptors (Lipinski definition) is 3. The quantitative estimate of drug-likeness (QED) is 0.649. The van der Waals surface area contributed by atoms with Gasteiger partial charge < -0.3 is 15.2 Å². The number of carbonyl (C=O) groups is 1. The van der Waals surface area contributed by atoms with Crippen LogP contribution in [0.25, 0.3) is 0 Å². The van der Waals surface area contributed by atoms with Gasteiger partial charge in [-0.25, -0.2) is 4.79 Å². The second-order valence-corrected chi connectivity index (χ2v) is 2.42. The van der Waals surface area contributed by atoms with Gasteiger partial charge in [0.05, 0.1) is 12.7 Å². The molecule has 1 amide bonds. The van der Waals surface area contributed by atoms with Crippen LogP contribution in [-0.4, -0.2) is 25.4 Å². The standard InChI is InChI=1S/C7H12NO3/c8-7(9)11-5-3-6-2-1-4-10-6/h3,6H,1-2,4-5H2,(H2,8,9). The third-order valence-electron chi connectivity index (χ3n) is 1.55. The molecule has 1 atom stereocenters. The van der Waals surface area contributed by atoms with Crippen molar-refractivity contribution in [2.24, 2.45) is 5.73 Å². The summed E-state index contributed by atoms with van der Waals surface area (Å²) in [6, 6.07) is 0. The summed E-state index contributed by atoms with van der Waals surface area (Å²) in [5.41, 5.74) is 4.76. The van der Waals surface area contributed by atoms with Crippen molar-refractivity contribution in [2.45, 2.75) is 18.9 Å². The number of ether oxygens (including phenoxy) is 2. The third-order valence-corrected chi connectivity index (χ3v) is 1.55. The summed E-state index contributed by atoms with van der Waals surface area (Å²) in [6.45, 7) is 1.05. The molecule has 0 aromatic heterocycles. The van der Waals surface area contributed by atoms with Crippen LogP contribution in [0.15, 0.2) is 0 Å². The van der Waals surface area contributed by atoms with Crippen LogP contribution in [0.4, 0.5) is 4.79 Å². The number of nitrogens with two attached hydrogens (primary N) is 1. The molecule has 1 aliphatic heterocycles. The predicted octanol–water partition coefficient (Wildman–Crippen LogP) is 0.465. The highest BCUT2D eigenvalue weighted by Crippen LogP contribution is 2.13. The maximum atomic E-state index is 10.1. The van der Waals surface area contributed by atoms with Gasteiger partial charge in [-0.3, -0.25) is 0 Å². The Kier molecular flexibility index (Phi) is 3.16. The minimum absolute atomic E-state index is 0.148. The minimum atomic E-state index is -0.737. The lowest BCUT2D eigenvalue weighted by Gasteiger charge is -2.07. The summed E-state index contributed by atoms with van der Waals surface area (Å²) in [4.78, 5) is 10.1. The molecule has 1 saturated heterocycles. The number of hydrogen-bond donors (Lipinski definition) is 1. The number of carbonyl (C=O) groups excluding carboxylic acids is 1. The molecule has 1 fully saturated rings. The molecule has 63 valence electrons. The fourth-order valence-electron chi connectivity index (χ4n) is 1.03. The van der Waals surface area contributed by atoms with E-state index in [1.807, 2.05) is 6.42 Å². The van der Waals surface area contributed by atoms with E-state index in [0.29, 0.717) is 0 Å². The molecule has 1 aliphatic rings. The second kappa shape index (κ2) is 4.18. The summed E-state index contributed by atoms with van der Waals surface area (Å²) >= 11 is 0. The molecule has 0 aromatic rings. The molecule has 0 aromatic carbocycles. The van der Waals surface area contributed by atoms with Crippen LogP contribution in [0.2, 0.25) is 0 Å². The first-order valence-corrected chi connectivity index (χ1v) is 3.66. The lowest BCUT2D eigenvalue weighted by atomic mass is 10.2. The summed E-state index contributed by atoms with van der Waals surface area (Å²) < 4.78 is 9.75. The van der Waals surface area contributed by atoms with Gasteiger partial charge in [-0.1, -0.05) is 0 Å². The zero-order chi connectivity index (χ0) is 8.10. The molecule has 0 aliphatic carbocycles. The second-order valence-electron chi connectivity index (χ2n) is 2.42. The molecule has 1 heterocycles. The van der Waals surface area contributed by atoms with Crippen LogP contribution in [0, 0.1) is 6.42 Å². The molecule has 2 N–H and O–H groups in total. The highest BCUT2D eigenvalue weighted by molar-refractivity contribution is 5.64. The molecule has 0 spiro atoms. The van der Waals surface area contributed by atoms with Crippen molar-refractivity contribution in [3.05, 3.63) is 6.42 Å². The molecule has 4 heteroatoms. The van der Waals surface area contributed by atoms with Gasteiger partial charge in [0, 0.05) is 13.0 Å². The third kappa shape index (κ3) is 3.23. The fourth-order valence-corrected chi connectivity index (χ4v) is 1.03. The van der Waals surface area contributed by atoms with Gasteiger partial charge >= 0.3 is 6.09 Å². The average molecular weight is 158 g/mol. The van der Waals surface area contributed by atoms with E-state index in [1.165, 1.54) is 0 Å². The fraction of sp³-hybridized carbons (Fsp3) is 0.714. The largest absolute Gasteiger partial charge is 0.449 e. The van der Waals surface area contributed by atoms with E-state index < -0.39 is 6.09 Å². The van der Waals surface area contributed by atoms with E-state index in [9.17, 15) is 4.79 Å². The molecular formula is C7H12NO3. The van der Waals surface area contributed by atoms with Crippen LogP contribution in [0.1, 0.15) is 12.8 Å². The van der Waals surface area contributed by atoms with Crippen molar-refractivity contribution in [1.82, 2.24) is 0 Å². The minimum Gasteiger partial charge on any atom is -0.449 e. The van der Waals surface area contributed by atoms with Crippen molar-refractivity contribution in [3.63, 3.8) is 0 Å². The normalized spacial score (nSPS) is 23.5. The lowest BCUT2D eigenvalue weighted by molar-refractivity contribution is 0.113. The summed E-state index contributed by atoms with van der Waals surface area (Å²) in [5, 5.41) is 0. The Balaban J connectivity index is 1.98. The maximum absolute atomic E-state index is 10.1. The predicted molar refractivity (Wildman–Crippen MR) is 38.8 cm³/mol. The van der Waals surface area contributed by atoms with Gasteiger partial charge in [0.1, 0.15) is 0 Å². The Labute approximate surface area is 65.7 Å². The van der Waals surface area contributed by atoms with Crippen LogP contribution < -0.4 is 5.73 Å². The smallest absolute Gasteiger partial charge is 0.404 e. The van der Waals surface area contributed by atoms with E-state index >= 15 is 0 Å². The van der Waals surface area contributed by atoms with Gasteiger partial charge in [-0.15, -0.1) is 0 Å². The first-order valence-electron chi connectivity index (χ1n) is 3.66. The van der Waals surface area contributed by atoms with Crippen LogP contribution in [0.5, 0.6) is 0 Å². The number of amides is 1. The summed E-state index contributed by atoms with van der Waals surface area (Å²) in [6.07, 6.45) is 3.33. The average Bonchev–Trinajstić information content (AvgIpc) is 2.39. The topological polar surface area (TPSA) is 61.6 Å². The van der Waals surface area contributed by atoms with E-state index in [4.69, 9.17) is 10.5 Å². The van der Waals surface area contributed by atoms with Crippen molar-refractivity contribution < 1.29 is 14.3 Å². The maximum Gasteiger partial charge on any atom is 0.404 e. The summed E-state index contributed by atoms with van der Waals surface area (Å²) in [5.74, 6) is 0. The van der Waals surface area contributed by atoms with Crippen LogP contribution in [0.3, 0.4) is 0 Å². The Morgan fingerprint density at radius 1 is 1.82 bits per heavy atom. The Bertz CT molecular complexity index is 132. The van der Waals surface area contributed by atoms with E-state index in [1.54, 1.807) is 0 Å². The SMILES string of the molecule is NC(=O)OC[CH]C1CCCO1. The highest BCUT2D eigenvalue weighted by atomic mass is 16.5. The number of rotatable bonds is 3. The van der Waals surface area contributed by atoms with Crippen molar-refractivity contribution >= 4 is 6.09 Å². The van der Waals surface area contributed by atoms with E-state index in [-0.39, 0.29) is 12.7 Å². The van der Waals surface area contributed by atoms with Crippen molar-refractivity contribution in [2.75, 3.05) is 13.2 Å². The van der Waals surface area contributed by atoms with E-state index in [2.05, 4.69) is 4.74 Å². The van der Waals surface area contributed by atoms with Crippen LogP contribution >= 0.6 is 0 Å². The molecule has 4 nitrogen and oxygen atoms in total. The molecule has 0 bridgehead atoms. The van der Waals surface area contributed by atoms with Crippen LogP contribution in [-0.2, 0) is 9.47 Å². The summed E-state index contributed by atoms with van der Waals surface area (Å²) in [7, 11) is 0. The van der Waals surface area contributed by atoms with Gasteiger partial charge in [-0.05, 0) is 12.8 Å². The Morgan fingerprint density at radius 2 is 2.64 bits per heavy atom. The van der Waals surface area contributed by atoms with Crippen molar-refractivity contribution in [1.29, 1.82) is 0 Å². The Hall–Kier alpha value is -0.770. The molecule has 1 unspecified atom stereocenters. The first-order chi connectivity index (χ1) is 5.29. The highest BCUT2D eigenvalue weighted by Gasteiger charge is 2.15. The zero-order valence-electron chi connectivity index (χ0n) is 6.29. The lowest BCUT2D eigenvalue weighted by Crippen LogP contribution is -2.17. The number of primary amides is 1. The molecule has 1 radical (unpaired) electrons. The monoisotopic (exact) mass is 158 g/mol. The molecular weight excluding hydrogens is 146 g/mol. The zero-order valence-corrected chi connectivity index (χ0v) is 6.29. The van der Waals surface area contributed by atoms with Crippen molar-refractivity contribution in [3.8, 4) is 0 Å². The molecule has 1 rings (SSSR count). The Morgan fingerprint density at radius 3 is 3.18 bits per heavy atom. The van der Waals surface area contributed by atoms with Gasteiger partial charge in [0.2, 0.25) is 0 Å². The first kappa shape index (κ1) is 8.33. The van der Waals surface area contributed by atoms with E-state index in [0.717, 1.165) is 19.4 Å². The molecule has 0 saturated carbocycles. The molecule has 11 heavy (non-hydrogen) atoms.